The van der Waals surface area contributed by atoms with Crippen LogP contribution in [0.2, 0.25) is 0 Å². The van der Waals surface area contributed by atoms with Gasteiger partial charge in [0.2, 0.25) is 5.91 Å². The Morgan fingerprint density at radius 3 is 2.52 bits per heavy atom. The summed E-state index contributed by atoms with van der Waals surface area (Å²) in [5.41, 5.74) is 5.96. The predicted octanol–water partition coefficient (Wildman–Crippen LogP) is 2.30. The van der Waals surface area contributed by atoms with Gasteiger partial charge in [-0.15, -0.1) is 0 Å². The molecule has 1 saturated heterocycles. The van der Waals surface area contributed by atoms with Gasteiger partial charge >= 0.3 is 0 Å². The Morgan fingerprint density at radius 1 is 1.26 bits per heavy atom. The molecule has 4 nitrogen and oxygen atoms in total. The Hall–Kier alpha value is -1.53. The number of carbonyl (C=O) groups excluding carboxylic acids is 1. The summed E-state index contributed by atoms with van der Waals surface area (Å²) in [6.45, 7) is 5.19. The molecule has 1 heterocycles. The van der Waals surface area contributed by atoms with E-state index in [1.165, 1.54) is 12.1 Å². The molecule has 1 aromatic carbocycles. The zero-order valence-electron chi connectivity index (χ0n) is 13.6. The van der Waals surface area contributed by atoms with Gasteiger partial charge in [-0.3, -0.25) is 9.69 Å². The number of nitrogens with two attached hydrogens (primary N) is 1. The topological polar surface area (TPSA) is 49.6 Å². The van der Waals surface area contributed by atoms with Crippen molar-refractivity contribution in [2.45, 2.75) is 32.2 Å². The van der Waals surface area contributed by atoms with Crippen LogP contribution in [0.3, 0.4) is 0 Å². The molecule has 0 radical (unpaired) electrons. The Balaban J connectivity index is 1.98. The molecule has 1 amide bonds. The first-order chi connectivity index (χ1) is 11.1. The highest BCUT2D eigenvalue weighted by atomic mass is 19.1. The number of piperazine rings is 1. The summed E-state index contributed by atoms with van der Waals surface area (Å²) in [4.78, 5) is 16.0. The third-order valence-corrected chi connectivity index (χ3v) is 4.41. The van der Waals surface area contributed by atoms with Crippen LogP contribution in [-0.4, -0.2) is 48.4 Å². The molecule has 0 spiro atoms. The lowest BCUT2D eigenvalue weighted by Crippen LogP contribution is -2.49. The molecular formula is C17H25F2N3O. The van der Waals surface area contributed by atoms with E-state index in [1.807, 2.05) is 11.8 Å². The summed E-state index contributed by atoms with van der Waals surface area (Å²) in [5.74, 6) is -0.925. The monoisotopic (exact) mass is 325 g/mol. The summed E-state index contributed by atoms with van der Waals surface area (Å²) in [6.07, 6.45) is 1.93. The van der Waals surface area contributed by atoms with Crippen molar-refractivity contribution in [2.75, 3.05) is 32.7 Å². The summed E-state index contributed by atoms with van der Waals surface area (Å²) in [5, 5.41) is 0. The zero-order valence-corrected chi connectivity index (χ0v) is 13.6. The van der Waals surface area contributed by atoms with E-state index >= 15 is 0 Å². The van der Waals surface area contributed by atoms with Crippen molar-refractivity contribution in [3.05, 3.63) is 35.4 Å². The van der Waals surface area contributed by atoms with Gasteiger partial charge < -0.3 is 10.6 Å². The van der Waals surface area contributed by atoms with E-state index in [-0.39, 0.29) is 11.9 Å². The van der Waals surface area contributed by atoms with E-state index in [9.17, 15) is 13.6 Å². The van der Waals surface area contributed by atoms with Crippen molar-refractivity contribution in [3.8, 4) is 0 Å². The van der Waals surface area contributed by atoms with E-state index < -0.39 is 11.6 Å². The highest BCUT2D eigenvalue weighted by Gasteiger charge is 2.27. The van der Waals surface area contributed by atoms with Crippen molar-refractivity contribution >= 4 is 5.91 Å². The van der Waals surface area contributed by atoms with E-state index in [4.69, 9.17) is 5.73 Å². The second-order valence-electron chi connectivity index (χ2n) is 5.90. The number of hydrogen-bond acceptors (Lipinski definition) is 3. The lowest BCUT2D eigenvalue weighted by atomic mass is 10.0. The van der Waals surface area contributed by atoms with Crippen LogP contribution in [0.1, 0.15) is 37.8 Å². The Bertz CT molecular complexity index is 531. The highest BCUT2D eigenvalue weighted by Crippen LogP contribution is 2.28. The lowest BCUT2D eigenvalue weighted by Gasteiger charge is -2.39. The molecule has 1 atom stereocenters. The number of hydrogen-bond donors (Lipinski definition) is 1. The number of amides is 1. The molecule has 2 rings (SSSR count). The Labute approximate surface area is 136 Å². The minimum atomic E-state index is -0.559. The third-order valence-electron chi connectivity index (χ3n) is 4.41. The second kappa shape index (κ2) is 8.36. The first kappa shape index (κ1) is 17.8. The van der Waals surface area contributed by atoms with Crippen molar-refractivity contribution in [1.29, 1.82) is 0 Å². The summed E-state index contributed by atoms with van der Waals surface area (Å²) in [7, 11) is 0. The first-order valence-corrected chi connectivity index (χ1v) is 8.23. The normalized spacial score (nSPS) is 17.3. The van der Waals surface area contributed by atoms with Crippen LogP contribution >= 0.6 is 0 Å². The fourth-order valence-electron chi connectivity index (χ4n) is 3.14. The van der Waals surface area contributed by atoms with E-state index in [1.54, 1.807) is 0 Å². The smallest absolute Gasteiger partial charge is 0.222 e. The molecule has 6 heteroatoms. The number of benzene rings is 1. The fourth-order valence-corrected chi connectivity index (χ4v) is 3.14. The van der Waals surface area contributed by atoms with Crippen molar-refractivity contribution in [3.63, 3.8) is 0 Å². The van der Waals surface area contributed by atoms with Gasteiger partial charge in [-0.05, 0) is 25.5 Å². The minimum Gasteiger partial charge on any atom is -0.340 e. The van der Waals surface area contributed by atoms with Gasteiger partial charge in [0.25, 0.3) is 0 Å². The van der Waals surface area contributed by atoms with Gasteiger partial charge in [-0.25, -0.2) is 8.78 Å². The van der Waals surface area contributed by atoms with Gasteiger partial charge in [0, 0.05) is 50.3 Å². The van der Waals surface area contributed by atoms with Crippen molar-refractivity contribution in [2.24, 2.45) is 5.73 Å². The molecule has 1 aliphatic rings. The molecule has 0 aliphatic carbocycles. The molecule has 0 aromatic heterocycles. The Morgan fingerprint density at radius 2 is 1.96 bits per heavy atom. The van der Waals surface area contributed by atoms with Gasteiger partial charge in [0.05, 0.1) is 0 Å². The van der Waals surface area contributed by atoms with Crippen LogP contribution in [0.25, 0.3) is 0 Å². The molecule has 23 heavy (non-hydrogen) atoms. The van der Waals surface area contributed by atoms with Crippen LogP contribution in [0.4, 0.5) is 8.78 Å². The average molecular weight is 325 g/mol. The van der Waals surface area contributed by atoms with Gasteiger partial charge in [0.15, 0.2) is 0 Å². The maximum atomic E-state index is 14.0. The summed E-state index contributed by atoms with van der Waals surface area (Å²) < 4.78 is 27.1. The zero-order chi connectivity index (χ0) is 16.8. The minimum absolute atomic E-state index is 0.0862. The Kier molecular flexibility index (Phi) is 6.47. The standard InChI is InChI=1S/C17H25F2N3O/c1-2-16(14-6-5-13(18)12-15(14)19)21-8-10-22(11-9-21)17(23)4-3-7-20/h5-6,12,16H,2-4,7-11,20H2,1H3. The van der Waals surface area contributed by atoms with Gasteiger partial charge in [-0.1, -0.05) is 13.0 Å². The summed E-state index contributed by atoms with van der Waals surface area (Å²) in [6, 6.07) is 3.67. The van der Waals surface area contributed by atoms with Crippen LogP contribution in [0.5, 0.6) is 0 Å². The number of carbonyl (C=O) groups is 1. The maximum absolute atomic E-state index is 14.0. The second-order valence-corrected chi connectivity index (χ2v) is 5.90. The fraction of sp³-hybridized carbons (Fsp3) is 0.588. The van der Waals surface area contributed by atoms with Gasteiger partial charge in [0.1, 0.15) is 11.6 Å². The number of rotatable bonds is 6. The average Bonchev–Trinajstić information content (AvgIpc) is 2.55. The van der Waals surface area contributed by atoms with E-state index in [0.717, 1.165) is 12.5 Å². The quantitative estimate of drug-likeness (QED) is 0.873. The molecule has 1 unspecified atom stereocenters. The molecule has 1 fully saturated rings. The van der Waals surface area contributed by atoms with Crippen LogP contribution in [-0.2, 0) is 4.79 Å². The molecule has 1 aromatic rings. The van der Waals surface area contributed by atoms with Crippen LogP contribution < -0.4 is 5.73 Å². The summed E-state index contributed by atoms with van der Waals surface area (Å²) >= 11 is 0. The molecule has 0 bridgehead atoms. The SMILES string of the molecule is CCC(c1ccc(F)cc1F)N1CCN(C(=O)CCCN)CC1. The van der Waals surface area contributed by atoms with Gasteiger partial charge in [-0.2, -0.15) is 0 Å². The largest absolute Gasteiger partial charge is 0.340 e. The van der Waals surface area contributed by atoms with Crippen molar-refractivity contribution in [1.82, 2.24) is 9.80 Å². The van der Waals surface area contributed by atoms with Crippen LogP contribution in [0, 0.1) is 11.6 Å². The molecule has 2 N–H and O–H groups in total. The third kappa shape index (κ3) is 4.48. The van der Waals surface area contributed by atoms with Crippen LogP contribution in [0.15, 0.2) is 18.2 Å². The predicted molar refractivity (Wildman–Crippen MR) is 85.8 cm³/mol. The maximum Gasteiger partial charge on any atom is 0.222 e. The molecule has 1 aliphatic heterocycles. The van der Waals surface area contributed by atoms with Crippen molar-refractivity contribution < 1.29 is 13.6 Å². The number of nitrogens with zero attached hydrogens (tertiary/aromatic N) is 2. The number of halogens is 2. The lowest BCUT2D eigenvalue weighted by molar-refractivity contribution is -0.133. The van der Waals surface area contributed by atoms with E-state index in [0.29, 0.717) is 51.1 Å². The highest BCUT2D eigenvalue weighted by molar-refractivity contribution is 5.76. The molecular weight excluding hydrogens is 300 g/mol. The molecule has 128 valence electrons. The first-order valence-electron chi connectivity index (χ1n) is 8.23. The van der Waals surface area contributed by atoms with E-state index in [2.05, 4.69) is 4.90 Å². The molecule has 0 saturated carbocycles.